The van der Waals surface area contributed by atoms with Crippen LogP contribution in [0, 0.1) is 13.8 Å². The summed E-state index contributed by atoms with van der Waals surface area (Å²) in [4.78, 5) is 10.2. The van der Waals surface area contributed by atoms with Gasteiger partial charge in [-0.2, -0.15) is 0 Å². The second-order valence-electron chi connectivity index (χ2n) is 5.41. The van der Waals surface area contributed by atoms with Gasteiger partial charge in [-0.3, -0.25) is 0 Å². The summed E-state index contributed by atoms with van der Waals surface area (Å²) in [6.45, 7) is 9.27. The van der Waals surface area contributed by atoms with Gasteiger partial charge in [-0.05, 0) is 34.1 Å². The van der Waals surface area contributed by atoms with E-state index in [4.69, 9.17) is 0 Å². The third-order valence-electron chi connectivity index (χ3n) is 3.09. The number of hydrogen-bond donors (Lipinski definition) is 2. The zero-order chi connectivity index (χ0) is 16.8. The number of hydrogen-bond acceptors (Lipinski definition) is 5. The van der Waals surface area contributed by atoms with Gasteiger partial charge >= 0.3 is 0 Å². The minimum Gasteiger partial charge on any atom is -0.357 e. The van der Waals surface area contributed by atoms with Crippen LogP contribution in [0.2, 0.25) is 0 Å². The van der Waals surface area contributed by atoms with Crippen LogP contribution in [-0.4, -0.2) is 44.0 Å². The molecule has 0 bridgehead atoms. The van der Waals surface area contributed by atoms with E-state index in [9.17, 15) is 8.42 Å². The summed E-state index contributed by atoms with van der Waals surface area (Å²) in [5.41, 5.74) is 1.05. The lowest BCUT2D eigenvalue weighted by Gasteiger charge is -2.17. The largest absolute Gasteiger partial charge is 0.357 e. The Kier molecular flexibility index (Phi) is 10.3. The molecule has 1 unspecified atom stereocenters. The maximum Gasteiger partial charge on any atom is 0.191 e. The molecule has 0 aromatic carbocycles. The zero-order valence-corrected chi connectivity index (χ0v) is 18.3. The molecule has 1 heterocycles. The molecular weight excluding hydrogens is 447 g/mol. The molecule has 1 aromatic heterocycles. The van der Waals surface area contributed by atoms with Crippen molar-refractivity contribution in [2.24, 2.45) is 4.99 Å². The topological polar surface area (TPSA) is 83.4 Å². The molecule has 23 heavy (non-hydrogen) atoms. The molecule has 0 saturated heterocycles. The summed E-state index contributed by atoms with van der Waals surface area (Å²) in [6.07, 6.45) is 1.81. The van der Waals surface area contributed by atoms with Crippen molar-refractivity contribution in [2.75, 3.05) is 18.6 Å². The molecule has 1 rings (SSSR count). The van der Waals surface area contributed by atoms with Crippen molar-refractivity contribution in [3.05, 3.63) is 15.6 Å². The molecule has 0 spiro atoms. The average molecular weight is 474 g/mol. The highest BCUT2D eigenvalue weighted by molar-refractivity contribution is 14.0. The van der Waals surface area contributed by atoms with Gasteiger partial charge in [-0.15, -0.1) is 35.3 Å². The first kappa shape index (κ1) is 22.6. The van der Waals surface area contributed by atoms with Gasteiger partial charge in [-0.1, -0.05) is 0 Å². The van der Waals surface area contributed by atoms with E-state index in [1.807, 2.05) is 20.8 Å². The Hall–Kier alpha value is -0.420. The number of nitrogens with zero attached hydrogens (tertiary/aromatic N) is 2. The van der Waals surface area contributed by atoms with Gasteiger partial charge in [0, 0.05) is 23.7 Å². The number of rotatable bonds is 7. The van der Waals surface area contributed by atoms with Gasteiger partial charge in [0.25, 0.3) is 0 Å². The lowest BCUT2D eigenvalue weighted by molar-refractivity contribution is 0.581. The molecule has 0 fully saturated rings. The molecule has 1 atom stereocenters. The number of thiazole rings is 1. The normalized spacial score (nSPS) is 13.3. The van der Waals surface area contributed by atoms with Crippen LogP contribution >= 0.6 is 35.3 Å². The fourth-order valence-corrected chi connectivity index (χ4v) is 3.41. The van der Waals surface area contributed by atoms with Gasteiger partial charge in [0.15, 0.2) is 5.96 Å². The third-order valence-corrected chi connectivity index (χ3v) is 5.13. The maximum absolute atomic E-state index is 11.2. The summed E-state index contributed by atoms with van der Waals surface area (Å²) in [6, 6.07) is 0.0345. The predicted octanol–water partition coefficient (Wildman–Crippen LogP) is 2.26. The Labute approximate surface area is 160 Å². The van der Waals surface area contributed by atoms with E-state index in [2.05, 4.69) is 27.5 Å². The van der Waals surface area contributed by atoms with E-state index in [0.29, 0.717) is 18.9 Å². The van der Waals surface area contributed by atoms with Crippen molar-refractivity contribution in [3.8, 4) is 0 Å². The summed E-state index contributed by atoms with van der Waals surface area (Å²) >= 11 is 1.65. The predicted molar refractivity (Wildman–Crippen MR) is 109 cm³/mol. The fourth-order valence-electron chi connectivity index (χ4n) is 1.77. The summed E-state index contributed by atoms with van der Waals surface area (Å²) in [7, 11) is -2.93. The summed E-state index contributed by atoms with van der Waals surface area (Å²) in [5.74, 6) is 0.861. The van der Waals surface area contributed by atoms with Gasteiger partial charge in [0.05, 0.1) is 18.0 Å². The highest BCUT2D eigenvalue weighted by Crippen LogP contribution is 2.16. The van der Waals surface area contributed by atoms with E-state index in [1.165, 1.54) is 11.1 Å². The highest BCUT2D eigenvalue weighted by Gasteiger charge is 2.10. The van der Waals surface area contributed by atoms with E-state index >= 15 is 0 Å². The Morgan fingerprint density at radius 1 is 1.39 bits per heavy atom. The van der Waals surface area contributed by atoms with Crippen molar-refractivity contribution in [1.29, 1.82) is 0 Å². The quantitative estimate of drug-likeness (QED) is 0.360. The number of sulfone groups is 1. The molecule has 0 radical (unpaired) electrons. The van der Waals surface area contributed by atoms with Crippen LogP contribution in [0.4, 0.5) is 0 Å². The number of aryl methyl sites for hydroxylation is 2. The summed E-state index contributed by atoms with van der Waals surface area (Å²) in [5, 5.41) is 7.38. The van der Waals surface area contributed by atoms with Crippen molar-refractivity contribution >= 4 is 51.1 Å². The Bertz CT molecular complexity index is 595. The van der Waals surface area contributed by atoms with E-state index in [1.54, 1.807) is 11.3 Å². The molecule has 0 saturated carbocycles. The maximum atomic E-state index is 11.2. The van der Waals surface area contributed by atoms with Gasteiger partial charge in [-0.25, -0.2) is 18.4 Å². The second kappa shape index (κ2) is 10.4. The Balaban J connectivity index is 0.00000484. The summed E-state index contributed by atoms with van der Waals surface area (Å²) < 4.78 is 22.4. The number of halogens is 1. The smallest absolute Gasteiger partial charge is 0.191 e. The first-order valence-corrected chi connectivity index (χ1v) is 10.2. The van der Waals surface area contributed by atoms with Crippen LogP contribution in [0.25, 0.3) is 0 Å². The lowest BCUT2D eigenvalue weighted by Crippen LogP contribution is -2.42. The van der Waals surface area contributed by atoms with Crippen LogP contribution in [0.1, 0.15) is 35.8 Å². The first-order chi connectivity index (χ1) is 10.2. The monoisotopic (exact) mass is 474 g/mol. The van der Waals surface area contributed by atoms with Crippen LogP contribution in [-0.2, 0) is 16.4 Å². The van der Waals surface area contributed by atoms with Gasteiger partial charge < -0.3 is 10.6 Å². The molecule has 0 aliphatic rings. The van der Waals surface area contributed by atoms with Crippen molar-refractivity contribution in [2.45, 2.75) is 46.7 Å². The van der Waals surface area contributed by atoms with Crippen LogP contribution < -0.4 is 10.6 Å². The number of nitrogens with one attached hydrogen (secondary N) is 2. The number of aliphatic imine (C=N–C) groups is 1. The van der Waals surface area contributed by atoms with Crippen molar-refractivity contribution in [1.82, 2.24) is 15.6 Å². The van der Waals surface area contributed by atoms with Crippen LogP contribution in [0.3, 0.4) is 0 Å². The molecule has 0 aliphatic carbocycles. The van der Waals surface area contributed by atoms with Gasteiger partial charge in [0.2, 0.25) is 0 Å². The van der Waals surface area contributed by atoms with E-state index < -0.39 is 9.84 Å². The van der Waals surface area contributed by atoms with Crippen molar-refractivity contribution < 1.29 is 8.42 Å². The molecule has 2 N–H and O–H groups in total. The highest BCUT2D eigenvalue weighted by atomic mass is 127. The number of aromatic nitrogens is 1. The van der Waals surface area contributed by atoms with Gasteiger partial charge in [0.1, 0.15) is 14.8 Å². The van der Waals surface area contributed by atoms with E-state index in [-0.39, 0.29) is 35.8 Å². The molecule has 1 aromatic rings. The molecule has 0 aliphatic heterocycles. The third kappa shape index (κ3) is 9.46. The number of guanidine groups is 1. The molecule has 6 nitrogen and oxygen atoms in total. The van der Waals surface area contributed by atoms with Crippen LogP contribution in [0.5, 0.6) is 0 Å². The standard InChI is InChI=1S/C14H26N4O2S2.HI/c1-6-15-14(17-10(2)7-8-22(5,19)20)16-9-13-18-11(3)12(4)21-13;/h10H,6-9H2,1-5H3,(H2,15,16,17);1H. The fraction of sp³-hybridized carbons (Fsp3) is 0.714. The zero-order valence-electron chi connectivity index (χ0n) is 14.3. The van der Waals surface area contributed by atoms with Crippen molar-refractivity contribution in [3.63, 3.8) is 0 Å². The molecule has 134 valence electrons. The Morgan fingerprint density at radius 3 is 2.52 bits per heavy atom. The second-order valence-corrected chi connectivity index (χ2v) is 8.96. The first-order valence-electron chi connectivity index (χ1n) is 7.36. The molecule has 9 heteroatoms. The minimum atomic E-state index is -2.93. The Morgan fingerprint density at radius 2 is 2.04 bits per heavy atom. The van der Waals surface area contributed by atoms with E-state index in [0.717, 1.165) is 17.2 Å². The lowest BCUT2D eigenvalue weighted by atomic mass is 10.3. The van der Waals surface area contributed by atoms with Crippen LogP contribution in [0.15, 0.2) is 4.99 Å². The minimum absolute atomic E-state index is 0. The molecular formula is C14H27IN4O2S2. The average Bonchev–Trinajstić information content (AvgIpc) is 2.72. The SMILES string of the molecule is CCNC(=NCc1nc(C)c(C)s1)NC(C)CCS(C)(=O)=O.I. The molecule has 0 amide bonds.